The molecule has 1 unspecified atom stereocenters. The summed E-state index contributed by atoms with van der Waals surface area (Å²) in [6.07, 6.45) is -4.59. The van der Waals surface area contributed by atoms with E-state index in [-0.39, 0.29) is 12.3 Å². The number of hydrogen-bond donors (Lipinski definition) is 1. The van der Waals surface area contributed by atoms with E-state index in [4.69, 9.17) is 4.74 Å². The minimum atomic E-state index is -4.72. The van der Waals surface area contributed by atoms with Crippen molar-refractivity contribution in [3.05, 3.63) is 0 Å². The zero-order valence-corrected chi connectivity index (χ0v) is 8.48. The first-order valence-electron chi connectivity index (χ1n) is 4.55. The van der Waals surface area contributed by atoms with Gasteiger partial charge in [0.25, 0.3) is 5.79 Å². The molecule has 1 saturated heterocycles. The zero-order chi connectivity index (χ0) is 11.2. The third kappa shape index (κ3) is 2.20. The van der Waals surface area contributed by atoms with Crippen LogP contribution in [-0.2, 0) is 4.74 Å². The van der Waals surface area contributed by atoms with Crippen molar-refractivity contribution in [1.29, 1.82) is 0 Å². The molecule has 84 valence electrons. The highest BCUT2D eigenvalue weighted by Crippen LogP contribution is 2.45. The first-order chi connectivity index (χ1) is 6.06. The molecule has 2 atom stereocenters. The number of alkyl halides is 3. The Morgan fingerprint density at radius 1 is 1.29 bits per heavy atom. The van der Waals surface area contributed by atoms with Crippen molar-refractivity contribution in [2.75, 3.05) is 0 Å². The number of rotatable bonds is 0. The molecule has 0 amide bonds. The van der Waals surface area contributed by atoms with E-state index in [1.807, 2.05) is 0 Å². The number of ether oxygens (including phenoxy) is 1. The molecule has 1 heterocycles. The average molecular weight is 212 g/mol. The molecule has 0 aliphatic carbocycles. The Morgan fingerprint density at radius 3 is 2.14 bits per heavy atom. The molecule has 1 rings (SSSR count). The minimum absolute atomic E-state index is 0.203. The Balaban J connectivity index is 2.90. The standard InChI is InChI=1S/C9H15F3O2/c1-6-4-7(2,3)14-8(13,5-6)9(10,11)12/h6,13H,4-5H2,1-3H3/t6-,8?/m0/s1. The van der Waals surface area contributed by atoms with Crippen LogP contribution in [0.2, 0.25) is 0 Å². The van der Waals surface area contributed by atoms with E-state index in [9.17, 15) is 18.3 Å². The van der Waals surface area contributed by atoms with Gasteiger partial charge in [0.1, 0.15) is 0 Å². The van der Waals surface area contributed by atoms with Crippen LogP contribution in [-0.4, -0.2) is 22.7 Å². The maximum absolute atomic E-state index is 12.5. The quantitative estimate of drug-likeness (QED) is 0.668. The third-order valence-corrected chi connectivity index (χ3v) is 2.35. The number of halogens is 3. The van der Waals surface area contributed by atoms with Gasteiger partial charge in [0, 0.05) is 6.42 Å². The molecule has 0 aromatic rings. The normalized spacial score (nSPS) is 38.4. The van der Waals surface area contributed by atoms with Gasteiger partial charge >= 0.3 is 6.18 Å². The van der Waals surface area contributed by atoms with Crippen LogP contribution in [0.3, 0.4) is 0 Å². The number of aliphatic hydroxyl groups is 1. The molecule has 1 N–H and O–H groups in total. The van der Waals surface area contributed by atoms with E-state index in [1.54, 1.807) is 20.8 Å². The van der Waals surface area contributed by atoms with Gasteiger partial charge in [-0.2, -0.15) is 13.2 Å². The summed E-state index contributed by atoms with van der Waals surface area (Å²) in [5.74, 6) is -3.18. The second-order valence-electron chi connectivity index (χ2n) is 4.66. The second-order valence-corrected chi connectivity index (χ2v) is 4.66. The maximum atomic E-state index is 12.5. The van der Waals surface area contributed by atoms with Crippen molar-refractivity contribution in [2.24, 2.45) is 5.92 Å². The van der Waals surface area contributed by atoms with Gasteiger partial charge in [-0.05, 0) is 26.2 Å². The molecule has 14 heavy (non-hydrogen) atoms. The molecule has 1 aliphatic rings. The molecule has 0 aromatic heterocycles. The Hall–Kier alpha value is -0.290. The predicted octanol–water partition coefficient (Wildman–Crippen LogP) is 2.46. The van der Waals surface area contributed by atoms with Gasteiger partial charge in [-0.1, -0.05) is 6.92 Å². The Labute approximate surface area is 81.1 Å². The Bertz CT molecular complexity index is 225. The Kier molecular flexibility index (Phi) is 2.61. The van der Waals surface area contributed by atoms with Crippen LogP contribution in [0.5, 0.6) is 0 Å². The van der Waals surface area contributed by atoms with Gasteiger partial charge < -0.3 is 9.84 Å². The van der Waals surface area contributed by atoms with Crippen molar-refractivity contribution in [3.63, 3.8) is 0 Å². The summed E-state index contributed by atoms with van der Waals surface area (Å²) in [7, 11) is 0. The highest BCUT2D eigenvalue weighted by Gasteiger charge is 2.60. The van der Waals surface area contributed by atoms with Crippen LogP contribution < -0.4 is 0 Å². The smallest absolute Gasteiger partial charge is 0.358 e. The van der Waals surface area contributed by atoms with Crippen molar-refractivity contribution in [3.8, 4) is 0 Å². The summed E-state index contributed by atoms with van der Waals surface area (Å²) in [6, 6.07) is 0. The first kappa shape index (κ1) is 11.8. The minimum Gasteiger partial charge on any atom is -0.358 e. The molecular weight excluding hydrogens is 197 g/mol. The van der Waals surface area contributed by atoms with E-state index in [2.05, 4.69) is 0 Å². The molecule has 0 aromatic carbocycles. The van der Waals surface area contributed by atoms with Gasteiger partial charge in [0.2, 0.25) is 0 Å². The average Bonchev–Trinajstić information content (AvgIpc) is 1.76. The lowest BCUT2D eigenvalue weighted by Gasteiger charge is -2.45. The molecule has 2 nitrogen and oxygen atoms in total. The van der Waals surface area contributed by atoms with Crippen molar-refractivity contribution in [2.45, 2.75) is 51.2 Å². The van der Waals surface area contributed by atoms with E-state index in [0.29, 0.717) is 6.42 Å². The van der Waals surface area contributed by atoms with Crippen molar-refractivity contribution >= 4 is 0 Å². The van der Waals surface area contributed by atoms with Gasteiger partial charge in [-0.15, -0.1) is 0 Å². The maximum Gasteiger partial charge on any atom is 0.443 e. The fourth-order valence-electron chi connectivity index (χ4n) is 2.10. The molecule has 5 heteroatoms. The second kappa shape index (κ2) is 3.10. The van der Waals surface area contributed by atoms with Gasteiger partial charge in [0.15, 0.2) is 0 Å². The largest absolute Gasteiger partial charge is 0.443 e. The lowest BCUT2D eigenvalue weighted by molar-refractivity contribution is -0.408. The lowest BCUT2D eigenvalue weighted by Crippen LogP contribution is -2.56. The first-order valence-corrected chi connectivity index (χ1v) is 4.55. The van der Waals surface area contributed by atoms with Crippen molar-refractivity contribution in [1.82, 2.24) is 0 Å². The number of hydrogen-bond acceptors (Lipinski definition) is 2. The molecule has 1 fully saturated rings. The summed E-state index contributed by atoms with van der Waals surface area (Å²) in [4.78, 5) is 0. The molecular formula is C9H15F3O2. The van der Waals surface area contributed by atoms with Crippen LogP contribution >= 0.6 is 0 Å². The third-order valence-electron chi connectivity index (χ3n) is 2.35. The van der Waals surface area contributed by atoms with Crippen LogP contribution in [0.15, 0.2) is 0 Å². The highest BCUT2D eigenvalue weighted by atomic mass is 19.4. The van der Waals surface area contributed by atoms with Crippen LogP contribution in [0.4, 0.5) is 13.2 Å². The molecule has 0 radical (unpaired) electrons. The Morgan fingerprint density at radius 2 is 1.79 bits per heavy atom. The molecule has 0 saturated carbocycles. The molecule has 0 spiro atoms. The summed E-state index contributed by atoms with van der Waals surface area (Å²) in [5, 5.41) is 9.37. The topological polar surface area (TPSA) is 29.5 Å². The fraction of sp³-hybridized carbons (Fsp3) is 1.00. The van der Waals surface area contributed by atoms with Gasteiger partial charge in [-0.3, -0.25) is 0 Å². The molecule has 1 aliphatic heterocycles. The van der Waals surface area contributed by atoms with Crippen molar-refractivity contribution < 1.29 is 23.0 Å². The monoisotopic (exact) mass is 212 g/mol. The summed E-state index contributed by atoms with van der Waals surface area (Å²) in [6.45, 7) is 4.79. The summed E-state index contributed by atoms with van der Waals surface area (Å²) < 4.78 is 42.1. The summed E-state index contributed by atoms with van der Waals surface area (Å²) in [5.41, 5.74) is -0.929. The summed E-state index contributed by atoms with van der Waals surface area (Å²) >= 11 is 0. The van der Waals surface area contributed by atoms with E-state index < -0.39 is 17.6 Å². The van der Waals surface area contributed by atoms with Gasteiger partial charge in [-0.25, -0.2) is 0 Å². The van der Waals surface area contributed by atoms with Crippen LogP contribution in [0.25, 0.3) is 0 Å². The van der Waals surface area contributed by atoms with E-state index in [0.717, 1.165) is 0 Å². The fourth-order valence-corrected chi connectivity index (χ4v) is 2.10. The van der Waals surface area contributed by atoms with Gasteiger partial charge in [0.05, 0.1) is 5.60 Å². The highest BCUT2D eigenvalue weighted by molar-refractivity contribution is 4.89. The SMILES string of the molecule is C[C@H]1CC(C)(C)OC(O)(C(F)(F)F)C1. The molecule has 0 bridgehead atoms. The van der Waals surface area contributed by atoms with Crippen LogP contribution in [0, 0.1) is 5.92 Å². The zero-order valence-electron chi connectivity index (χ0n) is 8.48. The van der Waals surface area contributed by atoms with Crippen LogP contribution in [0.1, 0.15) is 33.6 Å². The lowest BCUT2D eigenvalue weighted by atomic mass is 9.85. The predicted molar refractivity (Wildman–Crippen MR) is 44.6 cm³/mol. The van der Waals surface area contributed by atoms with E-state index in [1.165, 1.54) is 0 Å². The van der Waals surface area contributed by atoms with E-state index >= 15 is 0 Å².